The van der Waals surface area contributed by atoms with Crippen molar-refractivity contribution >= 4 is 11.9 Å². The highest BCUT2D eigenvalue weighted by Gasteiger charge is 2.25. The SMILES string of the molecule is Cc1ccc(C(NC(=O)CC(C)c2c(C)noc2C)C(=O)O)cc1C. The van der Waals surface area contributed by atoms with Crippen LogP contribution in [0.15, 0.2) is 22.7 Å². The van der Waals surface area contributed by atoms with E-state index in [1.807, 2.05) is 33.8 Å². The molecule has 25 heavy (non-hydrogen) atoms. The first kappa shape index (κ1) is 18.7. The van der Waals surface area contributed by atoms with E-state index in [0.717, 1.165) is 22.4 Å². The summed E-state index contributed by atoms with van der Waals surface area (Å²) in [5, 5.41) is 16.0. The Labute approximate surface area is 147 Å². The number of hydrogen-bond donors (Lipinski definition) is 2. The molecular weight excluding hydrogens is 320 g/mol. The van der Waals surface area contributed by atoms with Gasteiger partial charge >= 0.3 is 5.97 Å². The molecule has 1 heterocycles. The molecule has 1 aromatic carbocycles. The molecule has 0 spiro atoms. The van der Waals surface area contributed by atoms with Crippen LogP contribution in [0.1, 0.15) is 59.0 Å². The van der Waals surface area contributed by atoms with E-state index >= 15 is 0 Å². The number of carbonyl (C=O) groups excluding carboxylic acids is 1. The molecule has 0 fully saturated rings. The minimum atomic E-state index is -1.08. The lowest BCUT2D eigenvalue weighted by molar-refractivity contribution is -0.142. The van der Waals surface area contributed by atoms with Crippen molar-refractivity contribution in [3.05, 3.63) is 51.9 Å². The second kappa shape index (κ2) is 7.51. The monoisotopic (exact) mass is 344 g/mol. The molecule has 6 heteroatoms. The summed E-state index contributed by atoms with van der Waals surface area (Å²) in [4.78, 5) is 24.0. The van der Waals surface area contributed by atoms with Gasteiger partial charge in [0, 0.05) is 12.0 Å². The standard InChI is InChI=1S/C19H24N2O4/c1-10-6-7-15(8-11(10)2)18(19(23)24)20-16(22)9-12(3)17-13(4)21-25-14(17)5/h6-8,12,18H,9H2,1-5H3,(H,20,22)(H,23,24). The van der Waals surface area contributed by atoms with Crippen LogP contribution < -0.4 is 5.32 Å². The Morgan fingerprint density at radius 3 is 2.40 bits per heavy atom. The molecule has 0 bridgehead atoms. The van der Waals surface area contributed by atoms with E-state index in [9.17, 15) is 14.7 Å². The van der Waals surface area contributed by atoms with Crippen molar-refractivity contribution in [2.75, 3.05) is 0 Å². The Hall–Kier alpha value is -2.63. The highest BCUT2D eigenvalue weighted by atomic mass is 16.5. The second-order valence-corrected chi connectivity index (χ2v) is 6.53. The van der Waals surface area contributed by atoms with Gasteiger partial charge in [-0.15, -0.1) is 0 Å². The topological polar surface area (TPSA) is 92.4 Å². The number of nitrogens with one attached hydrogen (secondary N) is 1. The predicted octanol–water partition coefficient (Wildman–Crippen LogP) is 3.34. The van der Waals surface area contributed by atoms with Gasteiger partial charge in [0.05, 0.1) is 5.69 Å². The molecule has 0 radical (unpaired) electrons. The Morgan fingerprint density at radius 2 is 1.88 bits per heavy atom. The molecule has 0 saturated heterocycles. The molecule has 0 aliphatic heterocycles. The number of amides is 1. The summed E-state index contributed by atoms with van der Waals surface area (Å²) in [6.45, 7) is 9.41. The molecule has 2 N–H and O–H groups in total. The summed E-state index contributed by atoms with van der Waals surface area (Å²) in [5.41, 5.74) is 4.28. The van der Waals surface area contributed by atoms with Gasteiger partial charge in [-0.25, -0.2) is 4.79 Å². The smallest absolute Gasteiger partial charge is 0.330 e. The van der Waals surface area contributed by atoms with Crippen LogP contribution in [0.25, 0.3) is 0 Å². The number of carbonyl (C=O) groups is 2. The zero-order valence-electron chi connectivity index (χ0n) is 15.2. The van der Waals surface area contributed by atoms with Crippen molar-refractivity contribution in [3.63, 3.8) is 0 Å². The number of aryl methyl sites for hydroxylation is 4. The fourth-order valence-corrected chi connectivity index (χ4v) is 3.03. The summed E-state index contributed by atoms with van der Waals surface area (Å²) in [6, 6.07) is 4.33. The molecule has 1 aromatic heterocycles. The van der Waals surface area contributed by atoms with Crippen molar-refractivity contribution in [1.82, 2.24) is 10.5 Å². The molecule has 6 nitrogen and oxygen atoms in total. The lowest BCUT2D eigenvalue weighted by Gasteiger charge is -2.18. The van der Waals surface area contributed by atoms with E-state index in [0.29, 0.717) is 11.3 Å². The molecule has 2 aromatic rings. The summed E-state index contributed by atoms with van der Waals surface area (Å²) in [6.07, 6.45) is 0.164. The molecule has 2 unspecified atom stereocenters. The van der Waals surface area contributed by atoms with Gasteiger partial charge in [0.25, 0.3) is 0 Å². The zero-order valence-corrected chi connectivity index (χ0v) is 15.2. The Balaban J connectivity index is 2.13. The lowest BCUT2D eigenvalue weighted by Crippen LogP contribution is -2.34. The summed E-state index contributed by atoms with van der Waals surface area (Å²) in [7, 11) is 0. The Morgan fingerprint density at radius 1 is 1.20 bits per heavy atom. The average Bonchev–Trinajstić information content (AvgIpc) is 2.86. The van der Waals surface area contributed by atoms with Crippen LogP contribution in [0.4, 0.5) is 0 Å². The third-order valence-corrected chi connectivity index (χ3v) is 4.49. The van der Waals surface area contributed by atoms with Gasteiger partial charge in [-0.3, -0.25) is 4.79 Å². The van der Waals surface area contributed by atoms with E-state index in [1.54, 1.807) is 19.1 Å². The predicted molar refractivity (Wildman–Crippen MR) is 93.4 cm³/mol. The number of nitrogens with zero attached hydrogens (tertiary/aromatic N) is 1. The van der Waals surface area contributed by atoms with E-state index in [-0.39, 0.29) is 18.2 Å². The summed E-state index contributed by atoms with van der Waals surface area (Å²) < 4.78 is 5.14. The first-order valence-electron chi connectivity index (χ1n) is 8.22. The van der Waals surface area contributed by atoms with Crippen LogP contribution >= 0.6 is 0 Å². The number of carboxylic acids is 1. The van der Waals surface area contributed by atoms with Gasteiger partial charge in [0.15, 0.2) is 6.04 Å². The van der Waals surface area contributed by atoms with Crippen molar-refractivity contribution < 1.29 is 19.2 Å². The van der Waals surface area contributed by atoms with Gasteiger partial charge in [0.2, 0.25) is 5.91 Å². The first-order valence-corrected chi connectivity index (χ1v) is 8.22. The number of aliphatic carboxylic acids is 1. The van der Waals surface area contributed by atoms with Crippen molar-refractivity contribution in [2.24, 2.45) is 0 Å². The molecule has 0 aliphatic rings. The fraction of sp³-hybridized carbons (Fsp3) is 0.421. The minimum Gasteiger partial charge on any atom is -0.479 e. The Bertz CT molecular complexity index is 775. The maximum atomic E-state index is 12.4. The van der Waals surface area contributed by atoms with Gasteiger partial charge in [0.1, 0.15) is 5.76 Å². The quantitative estimate of drug-likeness (QED) is 0.838. The van der Waals surface area contributed by atoms with E-state index in [4.69, 9.17) is 4.52 Å². The first-order chi connectivity index (χ1) is 11.7. The lowest BCUT2D eigenvalue weighted by atomic mass is 9.95. The molecule has 2 atom stereocenters. The molecule has 0 saturated carbocycles. The number of benzene rings is 1. The largest absolute Gasteiger partial charge is 0.479 e. The maximum Gasteiger partial charge on any atom is 0.330 e. The molecular formula is C19H24N2O4. The third-order valence-electron chi connectivity index (χ3n) is 4.49. The maximum absolute atomic E-state index is 12.4. The molecule has 2 rings (SSSR count). The van der Waals surface area contributed by atoms with Crippen molar-refractivity contribution in [3.8, 4) is 0 Å². The summed E-state index contributed by atoms with van der Waals surface area (Å²) in [5.74, 6) is -0.832. The minimum absolute atomic E-state index is 0.111. The van der Waals surface area contributed by atoms with Crippen LogP contribution in [0.2, 0.25) is 0 Å². The molecule has 134 valence electrons. The van der Waals surface area contributed by atoms with Gasteiger partial charge in [-0.1, -0.05) is 30.3 Å². The van der Waals surface area contributed by atoms with Crippen LogP contribution in [-0.2, 0) is 9.59 Å². The van der Waals surface area contributed by atoms with Crippen LogP contribution in [0.5, 0.6) is 0 Å². The highest BCUT2D eigenvalue weighted by molar-refractivity contribution is 5.85. The number of aromatic nitrogens is 1. The molecule has 0 aliphatic carbocycles. The normalized spacial score (nSPS) is 13.3. The Kier molecular flexibility index (Phi) is 5.62. The van der Waals surface area contributed by atoms with Crippen molar-refractivity contribution in [2.45, 2.75) is 53.0 Å². The van der Waals surface area contributed by atoms with E-state index in [1.165, 1.54) is 0 Å². The average molecular weight is 344 g/mol. The number of rotatable bonds is 6. The van der Waals surface area contributed by atoms with Gasteiger partial charge in [-0.05, 0) is 50.3 Å². The van der Waals surface area contributed by atoms with Crippen molar-refractivity contribution in [1.29, 1.82) is 0 Å². The van der Waals surface area contributed by atoms with Crippen LogP contribution in [0, 0.1) is 27.7 Å². The van der Waals surface area contributed by atoms with Crippen LogP contribution in [-0.4, -0.2) is 22.1 Å². The van der Waals surface area contributed by atoms with E-state index in [2.05, 4.69) is 10.5 Å². The van der Waals surface area contributed by atoms with Crippen LogP contribution in [0.3, 0.4) is 0 Å². The second-order valence-electron chi connectivity index (χ2n) is 6.53. The van der Waals surface area contributed by atoms with Gasteiger partial charge in [-0.2, -0.15) is 0 Å². The summed E-state index contributed by atoms with van der Waals surface area (Å²) >= 11 is 0. The number of hydrogen-bond acceptors (Lipinski definition) is 4. The van der Waals surface area contributed by atoms with E-state index < -0.39 is 12.0 Å². The third kappa shape index (κ3) is 4.26. The fourth-order valence-electron chi connectivity index (χ4n) is 3.03. The number of carboxylic acid groups (broad SMARTS) is 1. The van der Waals surface area contributed by atoms with Gasteiger partial charge < -0.3 is 14.9 Å². The highest BCUT2D eigenvalue weighted by Crippen LogP contribution is 2.26. The zero-order chi connectivity index (χ0) is 18.7. The molecule has 1 amide bonds.